The van der Waals surface area contributed by atoms with Crippen LogP contribution in [-0.4, -0.2) is 34.8 Å². The quantitative estimate of drug-likeness (QED) is 0.830. The molecule has 3 rings (SSSR count). The van der Waals surface area contributed by atoms with Gasteiger partial charge in [0.25, 0.3) is 5.91 Å². The molecule has 1 aliphatic carbocycles. The van der Waals surface area contributed by atoms with E-state index in [-0.39, 0.29) is 5.69 Å². The summed E-state index contributed by atoms with van der Waals surface area (Å²) in [5, 5.41) is 5.05. The van der Waals surface area contributed by atoms with Gasteiger partial charge in [0, 0.05) is 11.8 Å². The van der Waals surface area contributed by atoms with Gasteiger partial charge in [0.2, 0.25) is 5.91 Å². The molecule has 24 heavy (non-hydrogen) atoms. The molecule has 1 spiro atoms. The first-order valence-electron chi connectivity index (χ1n) is 7.80. The Morgan fingerprint density at radius 2 is 1.88 bits per heavy atom. The van der Waals surface area contributed by atoms with Crippen molar-refractivity contribution in [1.82, 2.24) is 10.2 Å². The number of carbonyl (C=O) groups excluding carboxylic acids is 3. The molecule has 0 aromatic heterocycles. The number of hydrogen-bond donors (Lipinski definition) is 2. The standard InChI is InChI=1S/C16H17F2N3O3/c17-11-5-4-10(8-12(11)18)19-13(22)9-21-14(23)16(20-15(21)24)6-2-1-3-7-16/h4-5,8H,1-3,6-7,9H2,(H,19,22)(H,20,24). The first-order valence-corrected chi connectivity index (χ1v) is 7.80. The molecular weight excluding hydrogens is 320 g/mol. The lowest BCUT2D eigenvalue weighted by molar-refractivity contribution is -0.134. The molecule has 0 atom stereocenters. The van der Waals surface area contributed by atoms with Gasteiger partial charge in [-0.2, -0.15) is 0 Å². The van der Waals surface area contributed by atoms with E-state index in [1.54, 1.807) is 0 Å². The topological polar surface area (TPSA) is 78.5 Å². The van der Waals surface area contributed by atoms with E-state index >= 15 is 0 Å². The molecule has 4 amide bonds. The van der Waals surface area contributed by atoms with E-state index in [1.807, 2.05) is 0 Å². The number of carbonyl (C=O) groups is 3. The molecule has 0 bridgehead atoms. The van der Waals surface area contributed by atoms with Crippen molar-refractivity contribution in [2.75, 3.05) is 11.9 Å². The summed E-state index contributed by atoms with van der Waals surface area (Å²) in [7, 11) is 0. The Bertz CT molecular complexity index is 702. The number of hydrogen-bond acceptors (Lipinski definition) is 3. The first kappa shape index (κ1) is 16.4. The molecule has 1 aromatic rings. The van der Waals surface area contributed by atoms with Crippen LogP contribution in [0.4, 0.5) is 19.3 Å². The zero-order valence-electron chi connectivity index (χ0n) is 12.9. The van der Waals surface area contributed by atoms with Gasteiger partial charge in [-0.05, 0) is 25.0 Å². The number of rotatable bonds is 3. The van der Waals surface area contributed by atoms with E-state index in [2.05, 4.69) is 10.6 Å². The summed E-state index contributed by atoms with van der Waals surface area (Å²) in [6, 6.07) is 2.32. The summed E-state index contributed by atoms with van der Waals surface area (Å²) in [6.45, 7) is -0.467. The van der Waals surface area contributed by atoms with Crippen LogP contribution in [0.15, 0.2) is 18.2 Å². The third-order valence-corrected chi connectivity index (χ3v) is 4.46. The number of imide groups is 1. The van der Waals surface area contributed by atoms with E-state index in [9.17, 15) is 23.2 Å². The first-order chi connectivity index (χ1) is 11.4. The normalized spacial score (nSPS) is 19.5. The lowest BCUT2D eigenvalue weighted by Crippen LogP contribution is -2.48. The van der Waals surface area contributed by atoms with Gasteiger partial charge < -0.3 is 10.6 Å². The monoisotopic (exact) mass is 337 g/mol. The Balaban J connectivity index is 1.66. The molecule has 1 saturated carbocycles. The van der Waals surface area contributed by atoms with Crippen molar-refractivity contribution >= 4 is 23.5 Å². The summed E-state index contributed by atoms with van der Waals surface area (Å²) in [4.78, 5) is 37.5. The molecule has 1 heterocycles. The van der Waals surface area contributed by atoms with Gasteiger partial charge in [-0.1, -0.05) is 19.3 Å². The maximum atomic E-state index is 13.1. The highest BCUT2D eigenvalue weighted by atomic mass is 19.2. The van der Waals surface area contributed by atoms with Gasteiger partial charge >= 0.3 is 6.03 Å². The second kappa shape index (κ2) is 6.18. The van der Waals surface area contributed by atoms with Gasteiger partial charge in [-0.3, -0.25) is 14.5 Å². The number of halogens is 2. The lowest BCUT2D eigenvalue weighted by atomic mass is 9.82. The fourth-order valence-corrected chi connectivity index (χ4v) is 3.23. The molecule has 8 heteroatoms. The average molecular weight is 337 g/mol. The van der Waals surface area contributed by atoms with Gasteiger partial charge in [0.15, 0.2) is 11.6 Å². The fraction of sp³-hybridized carbons (Fsp3) is 0.438. The average Bonchev–Trinajstić information content (AvgIpc) is 2.76. The lowest BCUT2D eigenvalue weighted by Gasteiger charge is -2.30. The maximum absolute atomic E-state index is 13.1. The number of anilines is 1. The van der Waals surface area contributed by atoms with Crippen molar-refractivity contribution < 1.29 is 23.2 Å². The predicted molar refractivity (Wildman–Crippen MR) is 81.0 cm³/mol. The molecule has 0 unspecified atom stereocenters. The fourth-order valence-electron chi connectivity index (χ4n) is 3.23. The van der Waals surface area contributed by atoms with Crippen molar-refractivity contribution in [2.45, 2.75) is 37.6 Å². The van der Waals surface area contributed by atoms with Gasteiger partial charge in [-0.25, -0.2) is 13.6 Å². The number of amides is 4. The Morgan fingerprint density at radius 3 is 2.54 bits per heavy atom. The van der Waals surface area contributed by atoms with Gasteiger partial charge in [0.05, 0.1) is 0 Å². The molecule has 2 fully saturated rings. The highest BCUT2D eigenvalue weighted by molar-refractivity contribution is 6.10. The van der Waals surface area contributed by atoms with Gasteiger partial charge in [-0.15, -0.1) is 0 Å². The molecular formula is C16H17F2N3O3. The summed E-state index contributed by atoms with van der Waals surface area (Å²) in [5.74, 6) is -3.17. The van der Waals surface area contributed by atoms with Gasteiger partial charge in [0.1, 0.15) is 12.1 Å². The van der Waals surface area contributed by atoms with Crippen molar-refractivity contribution in [3.8, 4) is 0 Å². The van der Waals surface area contributed by atoms with Crippen LogP contribution in [0.5, 0.6) is 0 Å². The van der Waals surface area contributed by atoms with Crippen LogP contribution in [0.2, 0.25) is 0 Å². The van der Waals surface area contributed by atoms with E-state index in [4.69, 9.17) is 0 Å². The number of benzene rings is 1. The smallest absolute Gasteiger partial charge is 0.324 e. The van der Waals surface area contributed by atoms with E-state index < -0.39 is 41.6 Å². The number of urea groups is 1. The van der Waals surface area contributed by atoms with Crippen molar-refractivity contribution in [3.05, 3.63) is 29.8 Å². The molecule has 0 radical (unpaired) electrons. The Morgan fingerprint density at radius 1 is 1.17 bits per heavy atom. The third-order valence-electron chi connectivity index (χ3n) is 4.46. The van der Waals surface area contributed by atoms with Crippen molar-refractivity contribution in [2.24, 2.45) is 0 Å². The number of nitrogens with zero attached hydrogens (tertiary/aromatic N) is 1. The van der Waals surface area contributed by atoms with Crippen LogP contribution < -0.4 is 10.6 Å². The summed E-state index contributed by atoms with van der Waals surface area (Å²) < 4.78 is 26.0. The van der Waals surface area contributed by atoms with Crippen LogP contribution in [0.25, 0.3) is 0 Å². The minimum absolute atomic E-state index is 0.0540. The minimum Gasteiger partial charge on any atom is -0.324 e. The minimum atomic E-state index is -1.09. The Labute approximate surface area is 137 Å². The van der Waals surface area contributed by atoms with Crippen LogP contribution >= 0.6 is 0 Å². The predicted octanol–water partition coefficient (Wildman–Crippen LogP) is 2.16. The van der Waals surface area contributed by atoms with Crippen LogP contribution in [-0.2, 0) is 9.59 Å². The van der Waals surface area contributed by atoms with E-state index in [1.165, 1.54) is 6.07 Å². The Kier molecular flexibility index (Phi) is 4.21. The zero-order valence-corrected chi connectivity index (χ0v) is 12.9. The second-order valence-electron chi connectivity index (χ2n) is 6.14. The maximum Gasteiger partial charge on any atom is 0.325 e. The summed E-state index contributed by atoms with van der Waals surface area (Å²) in [6.07, 6.45) is 3.85. The largest absolute Gasteiger partial charge is 0.325 e. The second-order valence-corrected chi connectivity index (χ2v) is 6.14. The summed E-state index contributed by atoms with van der Waals surface area (Å²) >= 11 is 0. The zero-order chi connectivity index (χ0) is 17.3. The molecule has 2 aliphatic rings. The van der Waals surface area contributed by atoms with Crippen LogP contribution in [0.1, 0.15) is 32.1 Å². The molecule has 2 N–H and O–H groups in total. The van der Waals surface area contributed by atoms with Crippen molar-refractivity contribution in [1.29, 1.82) is 0 Å². The van der Waals surface area contributed by atoms with Crippen molar-refractivity contribution in [3.63, 3.8) is 0 Å². The Hall–Kier alpha value is -2.51. The molecule has 1 aliphatic heterocycles. The van der Waals surface area contributed by atoms with Crippen LogP contribution in [0.3, 0.4) is 0 Å². The summed E-state index contributed by atoms with van der Waals surface area (Å²) in [5.41, 5.74) is -0.837. The molecule has 1 aromatic carbocycles. The highest BCUT2D eigenvalue weighted by Gasteiger charge is 2.51. The molecule has 6 nitrogen and oxygen atoms in total. The van der Waals surface area contributed by atoms with E-state index in [0.29, 0.717) is 12.8 Å². The molecule has 128 valence electrons. The SMILES string of the molecule is O=C(CN1C(=O)NC2(CCCCC2)C1=O)Nc1ccc(F)c(F)c1. The van der Waals surface area contributed by atoms with Crippen LogP contribution in [0, 0.1) is 11.6 Å². The number of nitrogens with one attached hydrogen (secondary N) is 2. The molecule has 1 saturated heterocycles. The highest BCUT2D eigenvalue weighted by Crippen LogP contribution is 2.33. The third kappa shape index (κ3) is 2.95. The van der Waals surface area contributed by atoms with E-state index in [0.717, 1.165) is 36.3 Å².